The molecule has 0 unspecified atom stereocenters. The molecule has 0 spiro atoms. The number of thioether (sulfide) groups is 2. The van der Waals surface area contributed by atoms with Gasteiger partial charge in [0.1, 0.15) is 5.75 Å². The molecule has 144 valence electrons. The number of aryl methyl sites for hydroxylation is 1. The molecule has 0 N–H and O–H groups in total. The van der Waals surface area contributed by atoms with E-state index in [2.05, 4.69) is 13.2 Å². The van der Waals surface area contributed by atoms with Gasteiger partial charge in [-0.05, 0) is 103 Å². The zero-order chi connectivity index (χ0) is 20.8. The summed E-state index contributed by atoms with van der Waals surface area (Å²) >= 11 is 2.14. The van der Waals surface area contributed by atoms with Gasteiger partial charge in [-0.1, -0.05) is 13.2 Å². The summed E-state index contributed by atoms with van der Waals surface area (Å²) in [5.74, 6) is -0.105. The van der Waals surface area contributed by atoms with E-state index in [1.165, 1.54) is 0 Å². The number of ether oxygens (including phenoxy) is 1. The van der Waals surface area contributed by atoms with Crippen LogP contribution in [0.3, 0.4) is 0 Å². The Kier molecular flexibility index (Phi) is 7.43. The van der Waals surface area contributed by atoms with Crippen LogP contribution in [0, 0.1) is 6.92 Å². The smallest absolute Gasteiger partial charge is 0.343 e. The Balaban J connectivity index is 2.06. The van der Waals surface area contributed by atoms with Crippen molar-refractivity contribution >= 4 is 39.7 Å². The average Bonchev–Trinajstić information content (AvgIpc) is 2.63. The zero-order valence-electron chi connectivity index (χ0n) is 15.9. The lowest BCUT2D eigenvalue weighted by atomic mass is 10.1. The Morgan fingerprint density at radius 2 is 1.32 bits per heavy atom. The van der Waals surface area contributed by atoms with E-state index in [1.807, 2.05) is 0 Å². The second kappa shape index (κ2) is 9.57. The van der Waals surface area contributed by atoms with Gasteiger partial charge in [0.15, 0.2) is 0 Å². The van der Waals surface area contributed by atoms with Crippen LogP contribution in [0.5, 0.6) is 5.75 Å². The van der Waals surface area contributed by atoms with Gasteiger partial charge in [-0.15, -0.1) is 0 Å². The molecule has 0 fully saturated rings. The first kappa shape index (κ1) is 21.7. The monoisotopic (exact) mass is 412 g/mol. The molecule has 4 nitrogen and oxygen atoms in total. The van der Waals surface area contributed by atoms with Crippen molar-refractivity contribution in [1.82, 2.24) is 0 Å². The first-order valence-corrected chi connectivity index (χ1v) is 9.99. The predicted octanol–water partition coefficient (Wildman–Crippen LogP) is 5.60. The SMILES string of the molecule is C=C(C)C(=O)Sc1ccc(OC(=O)c2ccc(SC(=O)C(=C)C)cc2C)cc1. The molecule has 0 atom stereocenters. The Morgan fingerprint density at radius 3 is 1.82 bits per heavy atom. The zero-order valence-corrected chi connectivity index (χ0v) is 17.5. The van der Waals surface area contributed by atoms with Crippen LogP contribution in [0.4, 0.5) is 0 Å². The summed E-state index contributed by atoms with van der Waals surface area (Å²) in [6.07, 6.45) is 0. The second-order valence-electron chi connectivity index (χ2n) is 6.18. The molecule has 0 heterocycles. The van der Waals surface area contributed by atoms with E-state index in [-0.39, 0.29) is 10.2 Å². The maximum Gasteiger partial charge on any atom is 0.343 e. The molecule has 28 heavy (non-hydrogen) atoms. The molecule has 0 aliphatic heterocycles. The minimum Gasteiger partial charge on any atom is -0.423 e. The number of esters is 1. The lowest BCUT2D eigenvalue weighted by Crippen LogP contribution is -2.10. The summed E-state index contributed by atoms with van der Waals surface area (Å²) in [5, 5.41) is -0.221. The Bertz CT molecular complexity index is 959. The highest BCUT2D eigenvalue weighted by Crippen LogP contribution is 2.26. The molecule has 0 radical (unpaired) electrons. The van der Waals surface area contributed by atoms with Gasteiger partial charge < -0.3 is 4.74 Å². The van der Waals surface area contributed by atoms with E-state index >= 15 is 0 Å². The van der Waals surface area contributed by atoms with Crippen LogP contribution in [-0.2, 0) is 9.59 Å². The molecule has 6 heteroatoms. The molecule has 2 rings (SSSR count). The molecule has 0 aliphatic rings. The van der Waals surface area contributed by atoms with Crippen LogP contribution >= 0.6 is 23.5 Å². The van der Waals surface area contributed by atoms with Crippen molar-refractivity contribution < 1.29 is 19.1 Å². The molecule has 2 aromatic carbocycles. The lowest BCUT2D eigenvalue weighted by Gasteiger charge is -2.09. The molecule has 2 aromatic rings. The van der Waals surface area contributed by atoms with Gasteiger partial charge in [-0.2, -0.15) is 0 Å². The van der Waals surface area contributed by atoms with Gasteiger partial charge in [-0.25, -0.2) is 4.79 Å². The number of carbonyl (C=O) groups excluding carboxylic acids is 3. The third kappa shape index (κ3) is 5.97. The maximum absolute atomic E-state index is 12.4. The summed E-state index contributed by atoms with van der Waals surface area (Å²) < 4.78 is 5.41. The van der Waals surface area contributed by atoms with Crippen LogP contribution in [-0.4, -0.2) is 16.2 Å². The fourth-order valence-electron chi connectivity index (χ4n) is 2.05. The highest BCUT2D eigenvalue weighted by Gasteiger charge is 2.14. The highest BCUT2D eigenvalue weighted by atomic mass is 32.2. The fourth-order valence-corrected chi connectivity index (χ4v) is 3.48. The number of carbonyl (C=O) groups is 3. The average molecular weight is 413 g/mol. The van der Waals surface area contributed by atoms with E-state index in [4.69, 9.17) is 4.74 Å². The molecule has 0 bridgehead atoms. The van der Waals surface area contributed by atoms with E-state index in [1.54, 1.807) is 63.2 Å². The van der Waals surface area contributed by atoms with Crippen LogP contribution in [0.15, 0.2) is 76.6 Å². The first-order chi connectivity index (χ1) is 13.2. The Hall–Kier alpha value is -2.57. The normalized spacial score (nSPS) is 10.2. The Morgan fingerprint density at radius 1 is 0.821 bits per heavy atom. The molecular weight excluding hydrogens is 392 g/mol. The predicted molar refractivity (Wildman–Crippen MR) is 114 cm³/mol. The minimum absolute atomic E-state index is 0.108. The van der Waals surface area contributed by atoms with Crippen molar-refractivity contribution in [2.45, 2.75) is 30.6 Å². The molecule has 0 amide bonds. The Labute approximate surface area is 173 Å². The van der Waals surface area contributed by atoms with Gasteiger partial charge in [-0.3, -0.25) is 9.59 Å². The fraction of sp³-hybridized carbons (Fsp3) is 0.136. The first-order valence-electron chi connectivity index (χ1n) is 8.35. The van der Waals surface area contributed by atoms with E-state index in [0.717, 1.165) is 33.3 Å². The van der Waals surface area contributed by atoms with Gasteiger partial charge >= 0.3 is 5.97 Å². The molecule has 0 saturated heterocycles. The minimum atomic E-state index is -0.487. The highest BCUT2D eigenvalue weighted by molar-refractivity contribution is 8.14. The summed E-state index contributed by atoms with van der Waals surface area (Å²) in [5.41, 5.74) is 2.08. The maximum atomic E-state index is 12.4. The van der Waals surface area contributed by atoms with Crippen molar-refractivity contribution in [3.63, 3.8) is 0 Å². The summed E-state index contributed by atoms with van der Waals surface area (Å²) in [6, 6.07) is 11.8. The van der Waals surface area contributed by atoms with Gasteiger partial charge in [0.05, 0.1) is 5.56 Å². The number of hydrogen-bond acceptors (Lipinski definition) is 6. The third-order valence-corrected chi connectivity index (χ3v) is 5.64. The van der Waals surface area contributed by atoms with E-state index < -0.39 is 5.97 Å². The quantitative estimate of drug-likeness (QED) is 0.266. The summed E-state index contributed by atoms with van der Waals surface area (Å²) in [4.78, 5) is 37.4. The summed E-state index contributed by atoms with van der Waals surface area (Å²) in [6.45, 7) is 12.3. The molecular formula is C22H20O4S2. The molecule has 0 aliphatic carbocycles. The number of benzene rings is 2. The van der Waals surface area contributed by atoms with E-state index in [9.17, 15) is 14.4 Å². The lowest BCUT2D eigenvalue weighted by molar-refractivity contribution is -0.108. The van der Waals surface area contributed by atoms with Gasteiger partial charge in [0.2, 0.25) is 10.2 Å². The second-order valence-corrected chi connectivity index (χ2v) is 8.27. The number of rotatable bonds is 6. The molecule has 0 saturated carbocycles. The topological polar surface area (TPSA) is 60.4 Å². The molecule has 0 aromatic heterocycles. The van der Waals surface area contributed by atoms with Crippen molar-refractivity contribution in [2.24, 2.45) is 0 Å². The van der Waals surface area contributed by atoms with Crippen molar-refractivity contribution in [2.75, 3.05) is 0 Å². The van der Waals surface area contributed by atoms with Gasteiger partial charge in [0, 0.05) is 9.79 Å². The number of hydrogen-bond donors (Lipinski definition) is 0. The standard InChI is InChI=1S/C22H20O4S2/c1-13(2)21(24)27-17-8-6-16(7-9-17)26-20(23)19-11-10-18(12-15(19)5)28-22(25)14(3)4/h6-12H,1,3H2,2,4-5H3. The van der Waals surface area contributed by atoms with Crippen molar-refractivity contribution in [3.8, 4) is 5.75 Å². The largest absolute Gasteiger partial charge is 0.423 e. The third-order valence-electron chi connectivity index (χ3n) is 3.57. The van der Waals surface area contributed by atoms with Crippen LogP contribution in [0.2, 0.25) is 0 Å². The van der Waals surface area contributed by atoms with Gasteiger partial charge in [0.25, 0.3) is 0 Å². The van der Waals surface area contributed by atoms with Crippen LogP contribution < -0.4 is 4.74 Å². The van der Waals surface area contributed by atoms with Crippen molar-refractivity contribution in [1.29, 1.82) is 0 Å². The van der Waals surface area contributed by atoms with Crippen LogP contribution in [0.1, 0.15) is 29.8 Å². The summed E-state index contributed by atoms with van der Waals surface area (Å²) in [7, 11) is 0. The van der Waals surface area contributed by atoms with Crippen LogP contribution in [0.25, 0.3) is 0 Å². The van der Waals surface area contributed by atoms with Crippen molar-refractivity contribution in [3.05, 3.63) is 77.9 Å². The van der Waals surface area contributed by atoms with E-state index in [0.29, 0.717) is 28.0 Å².